The van der Waals surface area contributed by atoms with Gasteiger partial charge in [-0.25, -0.2) is 4.98 Å². The molecule has 2 aromatic heterocycles. The van der Waals surface area contributed by atoms with Crippen molar-refractivity contribution in [1.82, 2.24) is 19.7 Å². The quantitative estimate of drug-likeness (QED) is 0.771. The van der Waals surface area contributed by atoms with Crippen molar-refractivity contribution in [3.8, 4) is 0 Å². The van der Waals surface area contributed by atoms with E-state index < -0.39 is 0 Å². The Kier molecular flexibility index (Phi) is 3.50. The molecule has 7 heteroatoms. The highest BCUT2D eigenvalue weighted by atomic mass is 15.3. The summed E-state index contributed by atoms with van der Waals surface area (Å²) in [7, 11) is 1.93. The molecule has 0 aliphatic heterocycles. The standard InChI is InChI=1S/C14H21N7/c1-8-10(7-18-21(8)2)6-17-13-5-12(19-14(16)20-13)9-3-11(15)4-9/h5,7,9,11H,3-4,6,15H2,1-2H3,(H3,16,17,19,20). The normalized spacial score (nSPS) is 21.1. The Morgan fingerprint density at radius 1 is 1.38 bits per heavy atom. The predicted molar refractivity (Wildman–Crippen MR) is 81.7 cm³/mol. The van der Waals surface area contributed by atoms with Crippen molar-refractivity contribution in [3.63, 3.8) is 0 Å². The minimum atomic E-state index is 0.292. The van der Waals surface area contributed by atoms with Crippen LogP contribution in [0.5, 0.6) is 0 Å². The molecule has 1 fully saturated rings. The van der Waals surface area contributed by atoms with Crippen LogP contribution in [0.1, 0.15) is 35.7 Å². The van der Waals surface area contributed by atoms with Crippen molar-refractivity contribution < 1.29 is 0 Å². The Balaban J connectivity index is 1.72. The van der Waals surface area contributed by atoms with E-state index in [4.69, 9.17) is 11.5 Å². The molecule has 0 bridgehead atoms. The summed E-state index contributed by atoms with van der Waals surface area (Å²) in [6, 6.07) is 2.26. The predicted octanol–water partition coefficient (Wildman–Crippen LogP) is 0.918. The Hall–Kier alpha value is -2.15. The van der Waals surface area contributed by atoms with Crippen LogP contribution in [0.4, 0.5) is 11.8 Å². The maximum atomic E-state index is 5.84. The van der Waals surface area contributed by atoms with E-state index >= 15 is 0 Å². The van der Waals surface area contributed by atoms with Gasteiger partial charge in [0.05, 0.1) is 11.9 Å². The van der Waals surface area contributed by atoms with E-state index in [-0.39, 0.29) is 0 Å². The van der Waals surface area contributed by atoms with Crippen molar-refractivity contribution in [2.75, 3.05) is 11.1 Å². The molecule has 0 aromatic carbocycles. The zero-order chi connectivity index (χ0) is 15.0. The van der Waals surface area contributed by atoms with Crippen LogP contribution in [0.3, 0.4) is 0 Å². The molecule has 0 atom stereocenters. The second-order valence-electron chi connectivity index (χ2n) is 5.70. The lowest BCUT2D eigenvalue weighted by Gasteiger charge is -2.32. The van der Waals surface area contributed by atoms with Crippen LogP contribution in [-0.4, -0.2) is 25.8 Å². The molecule has 0 radical (unpaired) electrons. The summed E-state index contributed by atoms with van der Waals surface area (Å²) in [6.45, 7) is 2.71. The number of nitrogen functional groups attached to an aromatic ring is 1. The number of aryl methyl sites for hydroxylation is 1. The smallest absolute Gasteiger partial charge is 0.222 e. The molecule has 2 heterocycles. The average molecular weight is 287 g/mol. The lowest BCUT2D eigenvalue weighted by molar-refractivity contribution is 0.345. The zero-order valence-electron chi connectivity index (χ0n) is 12.4. The third kappa shape index (κ3) is 2.82. The first-order valence-electron chi connectivity index (χ1n) is 7.14. The summed E-state index contributed by atoms with van der Waals surface area (Å²) >= 11 is 0. The molecule has 0 spiro atoms. The second kappa shape index (κ2) is 5.33. The van der Waals surface area contributed by atoms with Gasteiger partial charge >= 0.3 is 0 Å². The molecule has 3 rings (SSSR count). The van der Waals surface area contributed by atoms with Crippen LogP contribution in [0.25, 0.3) is 0 Å². The first kappa shape index (κ1) is 13.8. The van der Waals surface area contributed by atoms with Crippen molar-refractivity contribution in [2.45, 2.75) is 38.3 Å². The van der Waals surface area contributed by atoms with Crippen LogP contribution in [0.2, 0.25) is 0 Å². The van der Waals surface area contributed by atoms with Gasteiger partial charge < -0.3 is 16.8 Å². The number of anilines is 2. The van der Waals surface area contributed by atoms with Gasteiger partial charge in [-0.05, 0) is 19.8 Å². The number of rotatable bonds is 4. The fourth-order valence-corrected chi connectivity index (χ4v) is 2.59. The highest BCUT2D eigenvalue weighted by Crippen LogP contribution is 2.35. The van der Waals surface area contributed by atoms with Crippen molar-refractivity contribution in [3.05, 3.63) is 29.2 Å². The number of aromatic nitrogens is 4. The van der Waals surface area contributed by atoms with Crippen molar-refractivity contribution in [1.29, 1.82) is 0 Å². The van der Waals surface area contributed by atoms with Crippen LogP contribution < -0.4 is 16.8 Å². The molecule has 0 amide bonds. The van der Waals surface area contributed by atoms with Gasteiger partial charge in [0, 0.05) is 42.9 Å². The van der Waals surface area contributed by atoms with Gasteiger partial charge in [0.1, 0.15) is 5.82 Å². The summed E-state index contributed by atoms with van der Waals surface area (Å²) in [6.07, 6.45) is 3.80. The maximum absolute atomic E-state index is 5.84. The molecule has 0 unspecified atom stereocenters. The van der Waals surface area contributed by atoms with E-state index in [0.717, 1.165) is 35.6 Å². The van der Waals surface area contributed by atoms with Gasteiger partial charge in [0.2, 0.25) is 5.95 Å². The molecular formula is C14H21N7. The number of nitrogens with zero attached hydrogens (tertiary/aromatic N) is 4. The monoisotopic (exact) mass is 287 g/mol. The second-order valence-corrected chi connectivity index (χ2v) is 5.70. The third-order valence-corrected chi connectivity index (χ3v) is 4.15. The molecule has 1 aliphatic rings. The molecule has 21 heavy (non-hydrogen) atoms. The number of nitrogens with two attached hydrogens (primary N) is 2. The van der Waals surface area contributed by atoms with E-state index in [0.29, 0.717) is 24.5 Å². The van der Waals surface area contributed by atoms with Crippen LogP contribution in [0, 0.1) is 6.92 Å². The number of hydrogen-bond acceptors (Lipinski definition) is 6. The average Bonchev–Trinajstić information content (AvgIpc) is 2.72. The van der Waals surface area contributed by atoms with Crippen LogP contribution in [-0.2, 0) is 13.6 Å². The van der Waals surface area contributed by atoms with Gasteiger partial charge in [0.15, 0.2) is 0 Å². The summed E-state index contributed by atoms with van der Waals surface area (Å²) in [5.41, 5.74) is 14.9. The summed E-state index contributed by atoms with van der Waals surface area (Å²) in [5, 5.41) is 7.52. The van der Waals surface area contributed by atoms with Crippen LogP contribution >= 0.6 is 0 Å². The topological polar surface area (TPSA) is 108 Å². The zero-order valence-corrected chi connectivity index (χ0v) is 12.4. The maximum Gasteiger partial charge on any atom is 0.222 e. The highest BCUT2D eigenvalue weighted by Gasteiger charge is 2.29. The fourth-order valence-electron chi connectivity index (χ4n) is 2.59. The summed E-state index contributed by atoms with van der Waals surface area (Å²) in [4.78, 5) is 8.56. The first-order valence-corrected chi connectivity index (χ1v) is 7.14. The Morgan fingerprint density at radius 3 is 2.76 bits per heavy atom. The van der Waals surface area contributed by atoms with Gasteiger partial charge in [-0.2, -0.15) is 10.1 Å². The van der Waals surface area contributed by atoms with E-state index in [1.807, 2.05) is 30.9 Å². The minimum absolute atomic E-state index is 0.292. The van der Waals surface area contributed by atoms with Crippen molar-refractivity contribution >= 4 is 11.8 Å². The minimum Gasteiger partial charge on any atom is -0.368 e. The largest absolute Gasteiger partial charge is 0.368 e. The number of nitrogens with one attached hydrogen (secondary N) is 1. The van der Waals surface area contributed by atoms with Gasteiger partial charge in [-0.15, -0.1) is 0 Å². The highest BCUT2D eigenvalue weighted by molar-refractivity contribution is 5.42. The van der Waals surface area contributed by atoms with Crippen molar-refractivity contribution in [2.24, 2.45) is 12.8 Å². The molecule has 0 saturated heterocycles. The van der Waals surface area contributed by atoms with E-state index in [9.17, 15) is 0 Å². The Bertz CT molecular complexity index is 643. The molecular weight excluding hydrogens is 266 g/mol. The lowest BCUT2D eigenvalue weighted by Crippen LogP contribution is -2.35. The molecule has 1 aliphatic carbocycles. The van der Waals surface area contributed by atoms with E-state index in [2.05, 4.69) is 20.4 Å². The molecule has 5 N–H and O–H groups in total. The van der Waals surface area contributed by atoms with Gasteiger partial charge in [0.25, 0.3) is 0 Å². The fraction of sp³-hybridized carbons (Fsp3) is 0.500. The van der Waals surface area contributed by atoms with E-state index in [1.165, 1.54) is 0 Å². The molecule has 7 nitrogen and oxygen atoms in total. The number of hydrogen-bond donors (Lipinski definition) is 3. The molecule has 112 valence electrons. The van der Waals surface area contributed by atoms with E-state index in [1.54, 1.807) is 0 Å². The van der Waals surface area contributed by atoms with Crippen LogP contribution in [0.15, 0.2) is 12.3 Å². The molecule has 1 saturated carbocycles. The summed E-state index contributed by atoms with van der Waals surface area (Å²) in [5.74, 6) is 1.46. The molecule has 2 aromatic rings. The Morgan fingerprint density at radius 2 is 2.14 bits per heavy atom. The SMILES string of the molecule is Cc1c(CNc2cc(C3CC(N)C3)nc(N)n2)cnn1C. The van der Waals surface area contributed by atoms with Gasteiger partial charge in [-0.3, -0.25) is 4.68 Å². The first-order chi connectivity index (χ1) is 10.0. The van der Waals surface area contributed by atoms with Gasteiger partial charge in [-0.1, -0.05) is 0 Å². The Labute approximate surface area is 123 Å². The third-order valence-electron chi connectivity index (χ3n) is 4.15. The lowest BCUT2D eigenvalue weighted by atomic mass is 9.78. The summed E-state index contributed by atoms with van der Waals surface area (Å²) < 4.78 is 1.85.